The second kappa shape index (κ2) is 8.87. The van der Waals surface area contributed by atoms with Crippen LogP contribution in [0.25, 0.3) is 0 Å². The molecule has 0 bridgehead atoms. The zero-order valence-electron chi connectivity index (χ0n) is 15.1. The molecule has 1 aromatic heterocycles. The highest BCUT2D eigenvalue weighted by molar-refractivity contribution is 9.10. The summed E-state index contributed by atoms with van der Waals surface area (Å²) in [4.78, 5) is 23.4. The van der Waals surface area contributed by atoms with Crippen LogP contribution >= 0.6 is 27.7 Å². The molecule has 2 heterocycles. The van der Waals surface area contributed by atoms with Gasteiger partial charge in [0, 0.05) is 18.8 Å². The molecule has 1 aliphatic rings. The molecule has 1 atom stereocenters. The van der Waals surface area contributed by atoms with Crippen LogP contribution in [0.5, 0.6) is 0 Å². The molecule has 0 unspecified atom stereocenters. The van der Waals surface area contributed by atoms with Gasteiger partial charge >= 0.3 is 0 Å². The number of hydrogen-bond acceptors (Lipinski definition) is 6. The molecule has 0 N–H and O–H groups in total. The number of nitrogens with zero attached hydrogens (tertiary/aromatic N) is 3. The maximum atomic E-state index is 13.3. The third-order valence-electron chi connectivity index (χ3n) is 4.37. The number of thioether (sulfide) groups is 1. The van der Waals surface area contributed by atoms with Gasteiger partial charge in [-0.25, -0.2) is 22.8 Å². The number of halogens is 2. The Hall–Kier alpha value is -1.52. The maximum Gasteiger partial charge on any atom is 0.274 e. The van der Waals surface area contributed by atoms with E-state index in [1.807, 2.05) is 6.92 Å². The molecule has 0 saturated carbocycles. The van der Waals surface area contributed by atoms with Gasteiger partial charge in [0.1, 0.15) is 11.5 Å². The molecule has 1 amide bonds. The number of rotatable bonds is 6. The molecule has 10 heteroatoms. The smallest absolute Gasteiger partial charge is 0.274 e. The molecular formula is C18H19BrFN3O3S2. The molecule has 0 spiro atoms. The SMILES string of the molecule is CCSc1ncc(Br)c(C(=O)N(Cc2ccc(F)cc2)[C@@H]2CCS(=O)(=O)C2)n1. The Morgan fingerprint density at radius 1 is 1.36 bits per heavy atom. The average molecular weight is 488 g/mol. The van der Waals surface area contributed by atoms with Gasteiger partial charge < -0.3 is 4.90 Å². The quantitative estimate of drug-likeness (QED) is 0.459. The Balaban J connectivity index is 1.94. The van der Waals surface area contributed by atoms with Crippen molar-refractivity contribution in [2.45, 2.75) is 31.1 Å². The number of aromatic nitrogens is 2. The summed E-state index contributed by atoms with van der Waals surface area (Å²) < 4.78 is 37.6. The molecule has 1 saturated heterocycles. The van der Waals surface area contributed by atoms with Crippen LogP contribution in [0.2, 0.25) is 0 Å². The Morgan fingerprint density at radius 3 is 2.68 bits per heavy atom. The number of amides is 1. The minimum Gasteiger partial charge on any atom is -0.329 e. The van der Waals surface area contributed by atoms with Crippen molar-refractivity contribution in [1.29, 1.82) is 0 Å². The van der Waals surface area contributed by atoms with Crippen LogP contribution in [-0.4, -0.2) is 52.5 Å². The van der Waals surface area contributed by atoms with Crippen molar-refractivity contribution in [2.75, 3.05) is 17.3 Å². The standard InChI is InChI=1S/C18H19BrFN3O3S2/c1-2-27-18-21-9-15(19)16(22-18)17(24)23(14-7-8-28(25,26)11-14)10-12-3-5-13(20)6-4-12/h3-6,9,14H,2,7-8,10-11H2,1H3/t14-/m1/s1. The molecule has 0 aliphatic carbocycles. The van der Waals surface area contributed by atoms with Gasteiger partial charge in [0.15, 0.2) is 15.0 Å². The molecule has 1 aromatic carbocycles. The summed E-state index contributed by atoms with van der Waals surface area (Å²) in [5, 5.41) is 0.481. The largest absolute Gasteiger partial charge is 0.329 e. The molecule has 150 valence electrons. The third kappa shape index (κ3) is 5.09. The number of sulfone groups is 1. The highest BCUT2D eigenvalue weighted by Gasteiger charge is 2.36. The van der Waals surface area contributed by atoms with E-state index in [1.165, 1.54) is 35.0 Å². The second-order valence-corrected chi connectivity index (χ2v) is 10.7. The van der Waals surface area contributed by atoms with Crippen LogP contribution in [-0.2, 0) is 16.4 Å². The van der Waals surface area contributed by atoms with E-state index in [1.54, 1.807) is 12.1 Å². The molecule has 3 rings (SSSR count). The third-order valence-corrected chi connectivity index (χ3v) is 7.45. The topological polar surface area (TPSA) is 80.2 Å². The fourth-order valence-corrected chi connectivity index (χ4v) is 5.64. The first kappa shape index (κ1) is 21.2. The first-order valence-corrected chi connectivity index (χ1v) is 12.3. The minimum absolute atomic E-state index is 0.0484. The van der Waals surface area contributed by atoms with E-state index < -0.39 is 15.9 Å². The number of hydrogen-bond donors (Lipinski definition) is 0. The van der Waals surface area contributed by atoms with E-state index in [4.69, 9.17) is 0 Å². The fraction of sp³-hybridized carbons (Fsp3) is 0.389. The summed E-state index contributed by atoms with van der Waals surface area (Å²) in [6, 6.07) is 5.37. The zero-order valence-corrected chi connectivity index (χ0v) is 18.4. The van der Waals surface area contributed by atoms with Crippen molar-refractivity contribution < 1.29 is 17.6 Å². The summed E-state index contributed by atoms with van der Waals surface area (Å²) in [6.45, 7) is 2.13. The Kier molecular flexibility index (Phi) is 6.72. The van der Waals surface area contributed by atoms with Crippen LogP contribution in [0.4, 0.5) is 4.39 Å². The molecule has 1 aliphatic heterocycles. The lowest BCUT2D eigenvalue weighted by Gasteiger charge is -2.28. The van der Waals surface area contributed by atoms with Gasteiger partial charge in [-0.2, -0.15) is 0 Å². The zero-order chi connectivity index (χ0) is 20.3. The monoisotopic (exact) mass is 487 g/mol. The summed E-state index contributed by atoms with van der Waals surface area (Å²) in [5.74, 6) is -0.0232. The van der Waals surface area contributed by atoms with Gasteiger partial charge in [0.2, 0.25) is 0 Å². The molecule has 6 nitrogen and oxygen atoms in total. The Bertz CT molecular complexity index is 971. The second-order valence-electron chi connectivity index (χ2n) is 6.40. The van der Waals surface area contributed by atoms with Gasteiger partial charge in [-0.3, -0.25) is 4.79 Å². The minimum atomic E-state index is -3.18. The first-order chi connectivity index (χ1) is 13.3. The fourth-order valence-electron chi connectivity index (χ4n) is 3.01. The van der Waals surface area contributed by atoms with Crippen molar-refractivity contribution in [3.8, 4) is 0 Å². The van der Waals surface area contributed by atoms with Crippen LogP contribution < -0.4 is 0 Å². The highest BCUT2D eigenvalue weighted by Crippen LogP contribution is 2.25. The first-order valence-electron chi connectivity index (χ1n) is 8.70. The van der Waals surface area contributed by atoms with E-state index in [0.29, 0.717) is 21.6 Å². The predicted molar refractivity (Wildman–Crippen MR) is 109 cm³/mol. The van der Waals surface area contributed by atoms with Gasteiger partial charge in [0.25, 0.3) is 5.91 Å². The van der Waals surface area contributed by atoms with E-state index in [-0.39, 0.29) is 35.5 Å². The lowest BCUT2D eigenvalue weighted by Crippen LogP contribution is -2.41. The molecule has 0 radical (unpaired) electrons. The predicted octanol–water partition coefficient (Wildman–Crippen LogP) is 3.32. The lowest BCUT2D eigenvalue weighted by atomic mass is 10.1. The Morgan fingerprint density at radius 2 is 2.07 bits per heavy atom. The van der Waals surface area contributed by atoms with Crippen molar-refractivity contribution in [2.24, 2.45) is 0 Å². The summed E-state index contributed by atoms with van der Waals surface area (Å²) in [6.07, 6.45) is 1.90. The van der Waals surface area contributed by atoms with Crippen molar-refractivity contribution >= 4 is 43.4 Å². The van der Waals surface area contributed by atoms with Gasteiger partial charge in [-0.15, -0.1) is 0 Å². The van der Waals surface area contributed by atoms with Crippen LogP contribution in [0, 0.1) is 5.82 Å². The van der Waals surface area contributed by atoms with Crippen LogP contribution in [0.15, 0.2) is 40.1 Å². The van der Waals surface area contributed by atoms with E-state index in [9.17, 15) is 17.6 Å². The van der Waals surface area contributed by atoms with Gasteiger partial charge in [0.05, 0.1) is 16.0 Å². The van der Waals surface area contributed by atoms with Crippen molar-refractivity contribution in [1.82, 2.24) is 14.9 Å². The van der Waals surface area contributed by atoms with Crippen molar-refractivity contribution in [3.63, 3.8) is 0 Å². The summed E-state index contributed by atoms with van der Waals surface area (Å²) in [5.41, 5.74) is 0.907. The van der Waals surface area contributed by atoms with Crippen LogP contribution in [0.3, 0.4) is 0 Å². The summed E-state index contributed by atoms with van der Waals surface area (Å²) >= 11 is 4.74. The van der Waals surface area contributed by atoms with E-state index in [0.717, 1.165) is 5.75 Å². The molecular weight excluding hydrogens is 469 g/mol. The number of carbonyl (C=O) groups excluding carboxylic acids is 1. The summed E-state index contributed by atoms with van der Waals surface area (Å²) in [7, 11) is -3.18. The highest BCUT2D eigenvalue weighted by atomic mass is 79.9. The lowest BCUT2D eigenvalue weighted by molar-refractivity contribution is 0.0672. The molecule has 28 heavy (non-hydrogen) atoms. The van der Waals surface area contributed by atoms with E-state index in [2.05, 4.69) is 25.9 Å². The van der Waals surface area contributed by atoms with Gasteiger partial charge in [-0.05, 0) is 45.8 Å². The average Bonchev–Trinajstić information content (AvgIpc) is 3.02. The van der Waals surface area contributed by atoms with Crippen LogP contribution in [0.1, 0.15) is 29.4 Å². The molecule has 1 fully saturated rings. The van der Waals surface area contributed by atoms with E-state index >= 15 is 0 Å². The number of carbonyl (C=O) groups is 1. The normalized spacial score (nSPS) is 18.2. The molecule has 2 aromatic rings. The maximum absolute atomic E-state index is 13.3. The van der Waals surface area contributed by atoms with Crippen molar-refractivity contribution in [3.05, 3.63) is 52.0 Å². The number of benzene rings is 1. The Labute approximate surface area is 176 Å². The van der Waals surface area contributed by atoms with Gasteiger partial charge in [-0.1, -0.05) is 30.8 Å².